The minimum atomic E-state index is -0.397. The number of aliphatic imine (C=N–C) groups is 1. The lowest BCUT2D eigenvalue weighted by Crippen LogP contribution is -2.41. The maximum atomic E-state index is 10.8. The van der Waals surface area contributed by atoms with E-state index in [0.717, 1.165) is 17.7 Å². The molecule has 138 valence electrons. The van der Waals surface area contributed by atoms with Crippen LogP contribution in [0, 0.1) is 10.1 Å². The van der Waals surface area contributed by atoms with Gasteiger partial charge < -0.3 is 15.4 Å². The summed E-state index contributed by atoms with van der Waals surface area (Å²) >= 11 is 0. The number of hydrogen-bond acceptors (Lipinski definition) is 4. The first-order valence-corrected chi connectivity index (χ1v) is 8.08. The maximum absolute atomic E-state index is 10.8. The van der Waals surface area contributed by atoms with Gasteiger partial charge in [0.15, 0.2) is 5.96 Å². The summed E-state index contributed by atoms with van der Waals surface area (Å²) in [7, 11) is 1.69. The molecule has 8 heteroatoms. The molecule has 0 amide bonds. The fourth-order valence-corrected chi connectivity index (χ4v) is 2.76. The van der Waals surface area contributed by atoms with Crippen molar-refractivity contribution in [2.24, 2.45) is 4.99 Å². The molecular formula is C18H21IN4O3. The minimum Gasteiger partial charge on any atom is -0.488 e. The van der Waals surface area contributed by atoms with Gasteiger partial charge in [-0.3, -0.25) is 15.1 Å². The monoisotopic (exact) mass is 468 g/mol. The van der Waals surface area contributed by atoms with Gasteiger partial charge in [0.05, 0.1) is 11.5 Å². The summed E-state index contributed by atoms with van der Waals surface area (Å²) in [6, 6.07) is 14.6. The molecule has 26 heavy (non-hydrogen) atoms. The molecular weight excluding hydrogens is 447 g/mol. The van der Waals surface area contributed by atoms with Crippen molar-refractivity contribution in [2.45, 2.75) is 19.1 Å². The summed E-state index contributed by atoms with van der Waals surface area (Å²) in [5, 5.41) is 17.2. The number of hydrogen-bond donors (Lipinski definition) is 2. The molecule has 0 saturated carbocycles. The number of fused-ring (bicyclic) bond motifs is 1. The molecule has 0 saturated heterocycles. The van der Waals surface area contributed by atoms with Crippen LogP contribution < -0.4 is 15.4 Å². The van der Waals surface area contributed by atoms with E-state index in [1.54, 1.807) is 19.2 Å². The standard InChI is InChI=1S/C18H20N4O3.HI/c1-19-18(20-11-13-5-4-7-15(9-13)22(23)24)21-12-16-10-14-6-2-3-8-17(14)25-16;/h2-9,16H,10-12H2,1H3,(H2,19,20,21);1H. The van der Waals surface area contributed by atoms with E-state index < -0.39 is 4.92 Å². The summed E-state index contributed by atoms with van der Waals surface area (Å²) in [5.74, 6) is 1.57. The summed E-state index contributed by atoms with van der Waals surface area (Å²) in [4.78, 5) is 14.6. The molecule has 3 rings (SSSR count). The lowest BCUT2D eigenvalue weighted by molar-refractivity contribution is -0.384. The highest BCUT2D eigenvalue weighted by atomic mass is 127. The first-order valence-electron chi connectivity index (χ1n) is 8.08. The molecule has 0 spiro atoms. The van der Waals surface area contributed by atoms with E-state index in [1.165, 1.54) is 11.6 Å². The number of halogens is 1. The molecule has 1 aliphatic heterocycles. The Kier molecular flexibility index (Phi) is 7.19. The Hall–Kier alpha value is -2.36. The predicted octanol–water partition coefficient (Wildman–Crippen LogP) is 2.88. The molecule has 0 aromatic heterocycles. The van der Waals surface area contributed by atoms with Gasteiger partial charge in [0.25, 0.3) is 5.69 Å². The minimum absolute atomic E-state index is 0. The first kappa shape index (κ1) is 20.0. The zero-order valence-corrected chi connectivity index (χ0v) is 16.7. The van der Waals surface area contributed by atoms with Gasteiger partial charge in [0.2, 0.25) is 0 Å². The Morgan fingerprint density at radius 2 is 2.08 bits per heavy atom. The van der Waals surface area contributed by atoms with Crippen LogP contribution in [0.3, 0.4) is 0 Å². The molecule has 1 heterocycles. The smallest absolute Gasteiger partial charge is 0.269 e. The van der Waals surface area contributed by atoms with E-state index in [4.69, 9.17) is 4.74 Å². The number of nitrogens with one attached hydrogen (secondary N) is 2. The highest BCUT2D eigenvalue weighted by molar-refractivity contribution is 14.0. The van der Waals surface area contributed by atoms with Crippen molar-refractivity contribution in [3.05, 3.63) is 69.8 Å². The number of nitrogens with zero attached hydrogens (tertiary/aromatic N) is 2. The maximum Gasteiger partial charge on any atom is 0.269 e. The fourth-order valence-electron chi connectivity index (χ4n) is 2.76. The third kappa shape index (κ3) is 5.07. The number of para-hydroxylation sites is 1. The van der Waals surface area contributed by atoms with E-state index in [0.29, 0.717) is 19.0 Å². The molecule has 1 unspecified atom stereocenters. The number of ether oxygens (including phenoxy) is 1. The summed E-state index contributed by atoms with van der Waals surface area (Å²) in [6.45, 7) is 1.08. The Bertz CT molecular complexity index is 773. The van der Waals surface area contributed by atoms with Gasteiger partial charge in [-0.1, -0.05) is 30.3 Å². The van der Waals surface area contributed by atoms with E-state index in [2.05, 4.69) is 21.7 Å². The molecule has 1 atom stereocenters. The van der Waals surface area contributed by atoms with Crippen molar-refractivity contribution in [2.75, 3.05) is 13.6 Å². The van der Waals surface area contributed by atoms with Crippen molar-refractivity contribution in [3.63, 3.8) is 0 Å². The second kappa shape index (κ2) is 9.37. The zero-order chi connectivity index (χ0) is 17.6. The van der Waals surface area contributed by atoms with E-state index in [9.17, 15) is 10.1 Å². The zero-order valence-electron chi connectivity index (χ0n) is 14.3. The SMILES string of the molecule is CN=C(NCc1cccc([N+](=O)[O-])c1)NCC1Cc2ccccc2O1.I. The molecule has 0 aliphatic carbocycles. The highest BCUT2D eigenvalue weighted by Gasteiger charge is 2.22. The number of nitro groups is 1. The molecule has 2 aromatic rings. The van der Waals surface area contributed by atoms with Crippen molar-refractivity contribution < 1.29 is 9.66 Å². The van der Waals surface area contributed by atoms with Crippen LogP contribution in [0.2, 0.25) is 0 Å². The summed E-state index contributed by atoms with van der Waals surface area (Å²) < 4.78 is 5.89. The van der Waals surface area contributed by atoms with Crippen LogP contribution >= 0.6 is 24.0 Å². The Morgan fingerprint density at radius 3 is 2.81 bits per heavy atom. The van der Waals surface area contributed by atoms with E-state index >= 15 is 0 Å². The van der Waals surface area contributed by atoms with Gasteiger partial charge in [0, 0.05) is 32.1 Å². The van der Waals surface area contributed by atoms with Gasteiger partial charge in [0.1, 0.15) is 11.9 Å². The third-order valence-corrected chi connectivity index (χ3v) is 4.02. The fraction of sp³-hybridized carbons (Fsp3) is 0.278. The van der Waals surface area contributed by atoms with Crippen molar-refractivity contribution in [1.29, 1.82) is 0 Å². The van der Waals surface area contributed by atoms with Gasteiger partial charge in [-0.15, -0.1) is 24.0 Å². The lowest BCUT2D eigenvalue weighted by Gasteiger charge is -2.15. The number of benzene rings is 2. The Morgan fingerprint density at radius 1 is 1.27 bits per heavy atom. The van der Waals surface area contributed by atoms with Gasteiger partial charge in [-0.2, -0.15) is 0 Å². The van der Waals surface area contributed by atoms with E-state index in [-0.39, 0.29) is 35.8 Å². The average Bonchev–Trinajstić information content (AvgIpc) is 3.05. The second-order valence-electron chi connectivity index (χ2n) is 5.79. The molecule has 0 bridgehead atoms. The Balaban J connectivity index is 0.00000243. The average molecular weight is 468 g/mol. The lowest BCUT2D eigenvalue weighted by atomic mass is 10.1. The molecule has 1 aliphatic rings. The highest BCUT2D eigenvalue weighted by Crippen LogP contribution is 2.27. The van der Waals surface area contributed by atoms with Crippen LogP contribution in [0.25, 0.3) is 0 Å². The van der Waals surface area contributed by atoms with Crippen molar-refractivity contribution >= 4 is 35.6 Å². The van der Waals surface area contributed by atoms with Crippen LogP contribution in [-0.2, 0) is 13.0 Å². The molecule has 2 aromatic carbocycles. The van der Waals surface area contributed by atoms with Crippen LogP contribution in [0.15, 0.2) is 53.5 Å². The number of rotatable bonds is 5. The van der Waals surface area contributed by atoms with Crippen molar-refractivity contribution in [3.8, 4) is 5.75 Å². The van der Waals surface area contributed by atoms with E-state index in [1.807, 2.05) is 24.3 Å². The number of non-ortho nitro benzene ring substituents is 1. The van der Waals surface area contributed by atoms with Gasteiger partial charge in [-0.05, 0) is 17.2 Å². The van der Waals surface area contributed by atoms with Crippen LogP contribution in [-0.4, -0.2) is 30.6 Å². The molecule has 7 nitrogen and oxygen atoms in total. The third-order valence-electron chi connectivity index (χ3n) is 4.02. The van der Waals surface area contributed by atoms with Crippen LogP contribution in [0.4, 0.5) is 5.69 Å². The number of nitro benzene ring substituents is 1. The van der Waals surface area contributed by atoms with Crippen LogP contribution in [0.1, 0.15) is 11.1 Å². The second-order valence-corrected chi connectivity index (χ2v) is 5.79. The first-order chi connectivity index (χ1) is 12.2. The van der Waals surface area contributed by atoms with Crippen molar-refractivity contribution in [1.82, 2.24) is 10.6 Å². The largest absolute Gasteiger partial charge is 0.488 e. The predicted molar refractivity (Wildman–Crippen MR) is 111 cm³/mol. The summed E-state index contributed by atoms with van der Waals surface area (Å²) in [5.41, 5.74) is 2.12. The van der Waals surface area contributed by atoms with Crippen LogP contribution in [0.5, 0.6) is 5.75 Å². The normalized spacial score (nSPS) is 15.4. The molecule has 0 radical (unpaired) electrons. The van der Waals surface area contributed by atoms with Gasteiger partial charge in [-0.25, -0.2) is 0 Å². The molecule has 2 N–H and O–H groups in total. The number of guanidine groups is 1. The van der Waals surface area contributed by atoms with Gasteiger partial charge >= 0.3 is 0 Å². The topological polar surface area (TPSA) is 88.8 Å². The quantitative estimate of drug-likeness (QED) is 0.232. The summed E-state index contributed by atoms with van der Waals surface area (Å²) in [6.07, 6.45) is 0.930. The Labute approximate surface area is 169 Å². The molecule has 0 fully saturated rings.